The number of fused-ring (bicyclic) bond motifs is 1. The Balaban J connectivity index is 1.58. The van der Waals surface area contributed by atoms with Gasteiger partial charge in [-0.25, -0.2) is 0 Å². The lowest BCUT2D eigenvalue weighted by Gasteiger charge is -2.33. The Labute approximate surface area is 108 Å². The van der Waals surface area contributed by atoms with Gasteiger partial charge in [-0.2, -0.15) is 0 Å². The molecule has 2 atom stereocenters. The van der Waals surface area contributed by atoms with Crippen molar-refractivity contribution in [2.45, 2.75) is 29.5 Å². The van der Waals surface area contributed by atoms with E-state index < -0.39 is 0 Å². The number of thioether (sulfide) groups is 1. The summed E-state index contributed by atoms with van der Waals surface area (Å²) >= 11 is 2.07. The van der Waals surface area contributed by atoms with Gasteiger partial charge in [0.25, 0.3) is 0 Å². The van der Waals surface area contributed by atoms with Gasteiger partial charge in [0.15, 0.2) is 0 Å². The smallest absolute Gasteiger partial charge is 0.0263 e. The Kier molecular flexibility index (Phi) is 3.41. The standard InChI is InChI=1S/C14H20N2S/c1-11-9-16(7-6-15-11)10-13-8-12-4-2-3-5-14(12)17-13/h2-5,11,13,15H,6-10H2,1H3/t11-,13?/m1/s1. The zero-order valence-corrected chi connectivity index (χ0v) is 11.2. The van der Waals surface area contributed by atoms with Crippen LogP contribution < -0.4 is 5.32 Å². The normalized spacial score (nSPS) is 29.2. The van der Waals surface area contributed by atoms with Gasteiger partial charge in [0.05, 0.1) is 0 Å². The van der Waals surface area contributed by atoms with Crippen molar-refractivity contribution in [3.05, 3.63) is 29.8 Å². The van der Waals surface area contributed by atoms with Crippen LogP contribution in [0.25, 0.3) is 0 Å². The summed E-state index contributed by atoms with van der Waals surface area (Å²) < 4.78 is 0. The molecule has 2 nitrogen and oxygen atoms in total. The van der Waals surface area contributed by atoms with Gasteiger partial charge < -0.3 is 5.32 Å². The number of hydrogen-bond donors (Lipinski definition) is 1. The highest BCUT2D eigenvalue weighted by atomic mass is 32.2. The monoisotopic (exact) mass is 248 g/mol. The van der Waals surface area contributed by atoms with Gasteiger partial charge in [-0.15, -0.1) is 11.8 Å². The van der Waals surface area contributed by atoms with Crippen LogP contribution in [0.2, 0.25) is 0 Å². The van der Waals surface area contributed by atoms with E-state index in [1.807, 2.05) is 0 Å². The summed E-state index contributed by atoms with van der Waals surface area (Å²) in [4.78, 5) is 4.12. The summed E-state index contributed by atoms with van der Waals surface area (Å²) in [5, 5.41) is 4.27. The predicted octanol–water partition coefficient (Wildman–Crippen LogP) is 2.00. The topological polar surface area (TPSA) is 15.3 Å². The zero-order chi connectivity index (χ0) is 11.7. The molecule has 0 saturated carbocycles. The third-order valence-electron chi connectivity index (χ3n) is 3.63. The third kappa shape index (κ3) is 2.67. The first-order valence-corrected chi connectivity index (χ1v) is 7.39. The SMILES string of the molecule is C[C@@H]1CN(CC2Cc3ccccc3S2)CCN1. The summed E-state index contributed by atoms with van der Waals surface area (Å²) in [6, 6.07) is 9.51. The molecule has 0 bridgehead atoms. The quantitative estimate of drug-likeness (QED) is 0.862. The van der Waals surface area contributed by atoms with Gasteiger partial charge in [-0.05, 0) is 25.0 Å². The number of nitrogens with one attached hydrogen (secondary N) is 1. The molecule has 92 valence electrons. The minimum absolute atomic E-state index is 0.650. The number of nitrogens with zero attached hydrogens (tertiary/aromatic N) is 1. The first kappa shape index (κ1) is 11.6. The lowest BCUT2D eigenvalue weighted by atomic mass is 10.1. The Hall–Kier alpha value is -0.510. The average molecular weight is 248 g/mol. The summed E-state index contributed by atoms with van der Waals surface area (Å²) in [6.45, 7) is 7.07. The number of benzene rings is 1. The van der Waals surface area contributed by atoms with Crippen molar-refractivity contribution in [1.82, 2.24) is 10.2 Å². The lowest BCUT2D eigenvalue weighted by Crippen LogP contribution is -2.50. The fourth-order valence-corrected chi connectivity index (χ4v) is 4.19. The molecule has 0 aromatic heterocycles. The Morgan fingerprint density at radius 2 is 2.29 bits per heavy atom. The van der Waals surface area contributed by atoms with Crippen LogP contribution in [-0.4, -0.2) is 42.4 Å². The second-order valence-corrected chi connectivity index (χ2v) is 6.51. The number of rotatable bonds is 2. The van der Waals surface area contributed by atoms with E-state index in [2.05, 4.69) is 53.2 Å². The Morgan fingerprint density at radius 1 is 1.41 bits per heavy atom. The van der Waals surface area contributed by atoms with E-state index in [1.54, 1.807) is 5.56 Å². The molecule has 1 aromatic rings. The molecular formula is C14H20N2S. The van der Waals surface area contributed by atoms with Crippen molar-refractivity contribution in [3.8, 4) is 0 Å². The minimum Gasteiger partial charge on any atom is -0.312 e. The van der Waals surface area contributed by atoms with Crippen LogP contribution in [0.5, 0.6) is 0 Å². The molecule has 2 aliphatic rings. The maximum atomic E-state index is 3.51. The molecule has 2 heterocycles. The van der Waals surface area contributed by atoms with Crippen LogP contribution in [0.15, 0.2) is 29.2 Å². The fraction of sp³-hybridized carbons (Fsp3) is 0.571. The van der Waals surface area contributed by atoms with Gasteiger partial charge in [0, 0.05) is 42.4 Å². The molecular weight excluding hydrogens is 228 g/mol. The van der Waals surface area contributed by atoms with Gasteiger partial charge in [0.2, 0.25) is 0 Å². The highest BCUT2D eigenvalue weighted by Crippen LogP contribution is 2.37. The molecule has 3 heteroatoms. The molecule has 1 saturated heterocycles. The van der Waals surface area contributed by atoms with Gasteiger partial charge in [-0.1, -0.05) is 18.2 Å². The minimum atomic E-state index is 0.650. The van der Waals surface area contributed by atoms with Gasteiger partial charge in [0.1, 0.15) is 0 Å². The van der Waals surface area contributed by atoms with Crippen molar-refractivity contribution < 1.29 is 0 Å². The summed E-state index contributed by atoms with van der Waals surface area (Å²) in [7, 11) is 0. The fourth-order valence-electron chi connectivity index (χ4n) is 2.82. The summed E-state index contributed by atoms with van der Waals surface area (Å²) in [5.74, 6) is 0. The first-order valence-electron chi connectivity index (χ1n) is 6.51. The van der Waals surface area contributed by atoms with Crippen molar-refractivity contribution in [3.63, 3.8) is 0 Å². The van der Waals surface area contributed by atoms with Crippen LogP contribution in [-0.2, 0) is 6.42 Å². The van der Waals surface area contributed by atoms with E-state index in [1.165, 1.54) is 31.0 Å². The molecule has 1 aromatic carbocycles. The van der Waals surface area contributed by atoms with E-state index in [9.17, 15) is 0 Å². The third-order valence-corrected chi connectivity index (χ3v) is 4.93. The maximum Gasteiger partial charge on any atom is 0.0263 e. The van der Waals surface area contributed by atoms with E-state index in [-0.39, 0.29) is 0 Å². The van der Waals surface area contributed by atoms with E-state index >= 15 is 0 Å². The summed E-state index contributed by atoms with van der Waals surface area (Å²) in [5.41, 5.74) is 1.55. The first-order chi connectivity index (χ1) is 8.31. The van der Waals surface area contributed by atoms with Crippen LogP contribution in [0.4, 0.5) is 0 Å². The second kappa shape index (κ2) is 5.01. The molecule has 1 fully saturated rings. The molecule has 3 rings (SSSR count). The predicted molar refractivity (Wildman–Crippen MR) is 73.7 cm³/mol. The highest BCUT2D eigenvalue weighted by molar-refractivity contribution is 8.00. The number of piperazine rings is 1. The number of hydrogen-bond acceptors (Lipinski definition) is 3. The van der Waals surface area contributed by atoms with Crippen molar-refractivity contribution in [1.29, 1.82) is 0 Å². The average Bonchev–Trinajstić information content (AvgIpc) is 2.71. The van der Waals surface area contributed by atoms with Crippen LogP contribution in [0.1, 0.15) is 12.5 Å². The van der Waals surface area contributed by atoms with E-state index in [0.717, 1.165) is 11.8 Å². The zero-order valence-electron chi connectivity index (χ0n) is 10.4. The van der Waals surface area contributed by atoms with Crippen molar-refractivity contribution in [2.24, 2.45) is 0 Å². The van der Waals surface area contributed by atoms with Crippen LogP contribution in [0, 0.1) is 0 Å². The molecule has 1 N–H and O–H groups in total. The second-order valence-electron chi connectivity index (χ2n) is 5.17. The van der Waals surface area contributed by atoms with Crippen LogP contribution >= 0.6 is 11.8 Å². The molecule has 0 aliphatic carbocycles. The van der Waals surface area contributed by atoms with Crippen LogP contribution in [0.3, 0.4) is 0 Å². The van der Waals surface area contributed by atoms with E-state index in [4.69, 9.17) is 0 Å². The molecule has 0 radical (unpaired) electrons. The van der Waals surface area contributed by atoms with Gasteiger partial charge >= 0.3 is 0 Å². The molecule has 0 amide bonds. The van der Waals surface area contributed by atoms with E-state index in [0.29, 0.717) is 6.04 Å². The highest BCUT2D eigenvalue weighted by Gasteiger charge is 2.25. The lowest BCUT2D eigenvalue weighted by molar-refractivity contribution is 0.208. The Morgan fingerprint density at radius 3 is 3.12 bits per heavy atom. The molecule has 1 unspecified atom stereocenters. The Bertz CT molecular complexity index is 369. The molecule has 17 heavy (non-hydrogen) atoms. The molecule has 0 spiro atoms. The largest absolute Gasteiger partial charge is 0.312 e. The molecule has 2 aliphatic heterocycles. The van der Waals surface area contributed by atoms with Crippen molar-refractivity contribution in [2.75, 3.05) is 26.2 Å². The van der Waals surface area contributed by atoms with Gasteiger partial charge in [-0.3, -0.25) is 4.90 Å². The van der Waals surface area contributed by atoms with Crippen molar-refractivity contribution >= 4 is 11.8 Å². The maximum absolute atomic E-state index is 3.51. The summed E-state index contributed by atoms with van der Waals surface area (Å²) in [6.07, 6.45) is 1.25.